The molecule has 0 aliphatic carbocycles. The third-order valence-corrected chi connectivity index (χ3v) is 9.89. The lowest BCUT2D eigenvalue weighted by Gasteiger charge is -2.34. The summed E-state index contributed by atoms with van der Waals surface area (Å²) in [5.41, 5.74) is 3.57. The molecule has 3 aromatic carbocycles. The number of hydrogen-bond acceptors (Lipinski definition) is 10. The number of aromatic nitrogens is 2. The summed E-state index contributed by atoms with van der Waals surface area (Å²) in [5.74, 6) is 4.28. The van der Waals surface area contributed by atoms with E-state index in [-0.39, 0.29) is 11.8 Å². The highest BCUT2D eigenvalue weighted by Gasteiger charge is 2.26. The van der Waals surface area contributed by atoms with E-state index in [0.29, 0.717) is 53.4 Å². The number of likely N-dealkylation sites (N-methyl/N-ethyl adjacent to an activating group) is 1. The lowest BCUT2D eigenvalue weighted by Crippen LogP contribution is -2.40. The number of imidazole rings is 1. The van der Waals surface area contributed by atoms with E-state index in [1.807, 2.05) is 49.5 Å². The van der Waals surface area contributed by atoms with Crippen LogP contribution in [0.3, 0.4) is 0 Å². The molecular weight excluding hydrogens is 662 g/mol. The van der Waals surface area contributed by atoms with Crippen molar-refractivity contribution < 1.29 is 32.9 Å². The smallest absolute Gasteiger partial charge is 0.253 e. The van der Waals surface area contributed by atoms with E-state index < -0.39 is 0 Å². The zero-order valence-electron chi connectivity index (χ0n) is 30.9. The molecule has 12 nitrogen and oxygen atoms in total. The maximum Gasteiger partial charge on any atom is 0.253 e. The van der Waals surface area contributed by atoms with Crippen molar-refractivity contribution in [2.24, 2.45) is 0 Å². The van der Waals surface area contributed by atoms with Crippen LogP contribution in [-0.4, -0.2) is 100 Å². The summed E-state index contributed by atoms with van der Waals surface area (Å²) < 4.78 is 35.5. The maximum atomic E-state index is 13.8. The zero-order valence-corrected chi connectivity index (χ0v) is 30.9. The third kappa shape index (κ3) is 8.07. The molecule has 0 radical (unpaired) electrons. The Balaban J connectivity index is 1.13. The first-order chi connectivity index (χ1) is 25.3. The fraction of sp³-hybridized carbons (Fsp3) is 0.400. The number of para-hydroxylation sites is 2. The molecule has 6 rings (SSSR count). The number of carbonyl (C=O) groups excluding carboxylic acids is 1. The minimum absolute atomic E-state index is 0.0353. The summed E-state index contributed by atoms with van der Waals surface area (Å²) in [4.78, 5) is 23.0. The number of nitrogens with one attached hydrogen (secondary N) is 1. The first kappa shape index (κ1) is 36.4. The van der Waals surface area contributed by atoms with Gasteiger partial charge in [0, 0.05) is 44.2 Å². The van der Waals surface area contributed by atoms with Crippen LogP contribution in [0, 0.1) is 0 Å². The number of hydrogen-bond donors (Lipinski definition) is 1. The highest BCUT2D eigenvalue weighted by molar-refractivity contribution is 5.95. The molecule has 1 saturated heterocycles. The molecule has 5 aromatic rings. The Kier molecular flexibility index (Phi) is 11.8. The average Bonchev–Trinajstić information content (AvgIpc) is 3.83. The lowest BCUT2D eigenvalue weighted by atomic mass is 9.93. The number of fused-ring (bicyclic) bond motifs is 1. The van der Waals surface area contributed by atoms with Crippen LogP contribution in [0.4, 0.5) is 5.95 Å². The molecule has 1 atom stereocenters. The van der Waals surface area contributed by atoms with Crippen LogP contribution in [0.5, 0.6) is 28.7 Å². The van der Waals surface area contributed by atoms with Crippen molar-refractivity contribution in [3.05, 3.63) is 89.9 Å². The summed E-state index contributed by atoms with van der Waals surface area (Å²) in [6.45, 7) is 3.90. The summed E-state index contributed by atoms with van der Waals surface area (Å²) in [6.07, 6.45) is 4.53. The Labute approximate surface area is 305 Å². The van der Waals surface area contributed by atoms with Crippen LogP contribution in [0.25, 0.3) is 11.0 Å². The van der Waals surface area contributed by atoms with Gasteiger partial charge in [-0.1, -0.05) is 18.2 Å². The number of likely N-dealkylation sites (tertiary alicyclic amines) is 1. The number of anilines is 1. The molecule has 1 unspecified atom stereocenters. The average molecular weight is 712 g/mol. The Morgan fingerprint density at radius 3 is 2.25 bits per heavy atom. The van der Waals surface area contributed by atoms with Crippen LogP contribution in [0.2, 0.25) is 0 Å². The number of nitrogens with zero attached hydrogens (tertiary/aromatic N) is 4. The Bertz CT molecular complexity index is 1910. The predicted molar refractivity (Wildman–Crippen MR) is 201 cm³/mol. The van der Waals surface area contributed by atoms with E-state index in [4.69, 9.17) is 33.1 Å². The predicted octanol–water partition coefficient (Wildman–Crippen LogP) is 6.54. The van der Waals surface area contributed by atoms with Crippen molar-refractivity contribution in [3.8, 4) is 28.7 Å². The maximum absolute atomic E-state index is 13.8. The van der Waals surface area contributed by atoms with Gasteiger partial charge in [0.05, 0.1) is 59.4 Å². The molecule has 0 bridgehead atoms. The van der Waals surface area contributed by atoms with Gasteiger partial charge in [-0.2, -0.15) is 0 Å². The van der Waals surface area contributed by atoms with Gasteiger partial charge in [0.2, 0.25) is 11.7 Å². The third-order valence-electron chi connectivity index (χ3n) is 9.89. The van der Waals surface area contributed by atoms with Gasteiger partial charge < -0.3 is 47.8 Å². The largest absolute Gasteiger partial charge is 0.493 e. The van der Waals surface area contributed by atoms with E-state index in [9.17, 15) is 4.79 Å². The summed E-state index contributed by atoms with van der Waals surface area (Å²) in [6, 6.07) is 21.8. The van der Waals surface area contributed by atoms with Gasteiger partial charge in [0.25, 0.3) is 5.91 Å². The first-order valence-electron chi connectivity index (χ1n) is 17.6. The topological polar surface area (TPSA) is 113 Å². The van der Waals surface area contributed by atoms with Crippen molar-refractivity contribution in [1.82, 2.24) is 19.4 Å². The van der Waals surface area contributed by atoms with Crippen molar-refractivity contribution in [2.75, 3.05) is 74.1 Å². The summed E-state index contributed by atoms with van der Waals surface area (Å²) >= 11 is 0. The Morgan fingerprint density at radius 2 is 1.60 bits per heavy atom. The van der Waals surface area contributed by atoms with Crippen molar-refractivity contribution in [2.45, 2.75) is 37.8 Å². The van der Waals surface area contributed by atoms with Gasteiger partial charge in [-0.05, 0) is 79.9 Å². The highest BCUT2D eigenvalue weighted by atomic mass is 16.5. The molecule has 0 saturated carbocycles. The molecule has 276 valence electrons. The number of piperidine rings is 1. The van der Waals surface area contributed by atoms with Gasteiger partial charge in [-0.25, -0.2) is 4.98 Å². The molecule has 0 spiro atoms. The fourth-order valence-corrected chi connectivity index (χ4v) is 7.03. The molecule has 1 aliphatic heterocycles. The van der Waals surface area contributed by atoms with Gasteiger partial charge in [0.1, 0.15) is 5.76 Å². The molecule has 1 aliphatic rings. The standard InChI is InChI=1S/C40H49N5O7/c1-43(39(46)29-23-36(49-4)38(51-6)37(24-29)50-5)25-28(27-13-14-34(47-2)35(22-27)48-3)15-18-44-19-16-30(17-20-44)41-40-42-32-11-7-8-12-33(32)45(40)26-31-10-9-21-52-31/h7-14,21-24,28,30H,15-20,25-26H2,1-6H3,(H,41,42). The Morgan fingerprint density at radius 1 is 0.885 bits per heavy atom. The van der Waals surface area contributed by atoms with Crippen molar-refractivity contribution in [3.63, 3.8) is 0 Å². The minimum atomic E-state index is -0.144. The number of amides is 1. The number of ether oxygens (including phenoxy) is 5. The number of rotatable bonds is 16. The van der Waals surface area contributed by atoms with Crippen LogP contribution >= 0.6 is 0 Å². The van der Waals surface area contributed by atoms with Gasteiger partial charge in [-0.3, -0.25) is 4.79 Å². The van der Waals surface area contributed by atoms with Crippen LogP contribution in [0.15, 0.2) is 77.4 Å². The monoisotopic (exact) mass is 711 g/mol. The first-order valence-corrected chi connectivity index (χ1v) is 17.6. The normalized spacial score (nSPS) is 14.2. The highest BCUT2D eigenvalue weighted by Crippen LogP contribution is 2.39. The van der Waals surface area contributed by atoms with E-state index in [1.165, 1.54) is 0 Å². The molecule has 12 heteroatoms. The summed E-state index contributed by atoms with van der Waals surface area (Å²) in [7, 11) is 9.73. The van der Waals surface area contributed by atoms with Gasteiger partial charge in [0.15, 0.2) is 23.0 Å². The second-order valence-electron chi connectivity index (χ2n) is 13.0. The molecular formula is C40H49N5O7. The molecule has 1 N–H and O–H groups in total. The van der Waals surface area contributed by atoms with Crippen LogP contribution in [-0.2, 0) is 6.54 Å². The minimum Gasteiger partial charge on any atom is -0.493 e. The van der Waals surface area contributed by atoms with Gasteiger partial charge >= 0.3 is 0 Å². The molecule has 2 aromatic heterocycles. The van der Waals surface area contributed by atoms with Crippen molar-refractivity contribution >= 4 is 22.9 Å². The quantitative estimate of drug-likeness (QED) is 0.121. The Hall–Kier alpha value is -5.36. The van der Waals surface area contributed by atoms with E-state index in [1.54, 1.807) is 58.8 Å². The fourth-order valence-electron chi connectivity index (χ4n) is 7.03. The lowest BCUT2D eigenvalue weighted by molar-refractivity contribution is 0.0781. The second kappa shape index (κ2) is 16.8. The molecule has 1 fully saturated rings. The van der Waals surface area contributed by atoms with Crippen molar-refractivity contribution in [1.29, 1.82) is 0 Å². The van der Waals surface area contributed by atoms with E-state index >= 15 is 0 Å². The number of methoxy groups -OCH3 is 5. The van der Waals surface area contributed by atoms with E-state index in [0.717, 1.165) is 67.2 Å². The zero-order chi connectivity index (χ0) is 36.6. The molecule has 1 amide bonds. The molecule has 3 heterocycles. The molecule has 52 heavy (non-hydrogen) atoms. The van der Waals surface area contributed by atoms with Gasteiger partial charge in [-0.15, -0.1) is 0 Å². The second-order valence-corrected chi connectivity index (χ2v) is 13.0. The number of furan rings is 1. The number of benzene rings is 3. The van der Waals surface area contributed by atoms with Crippen LogP contribution in [0.1, 0.15) is 46.9 Å². The SMILES string of the molecule is COc1ccc(C(CCN2CCC(Nc3nc4ccccc4n3Cc3ccco3)CC2)CN(C)C(=O)c2cc(OC)c(OC)c(OC)c2)cc1OC. The summed E-state index contributed by atoms with van der Waals surface area (Å²) in [5, 5.41) is 3.75. The van der Waals surface area contributed by atoms with Crippen LogP contribution < -0.4 is 29.0 Å². The van der Waals surface area contributed by atoms with E-state index in [2.05, 4.69) is 26.9 Å². The number of carbonyl (C=O) groups is 1.